The number of ether oxygens (including phenoxy) is 2. The van der Waals surface area contributed by atoms with Gasteiger partial charge in [0.2, 0.25) is 5.95 Å². The summed E-state index contributed by atoms with van der Waals surface area (Å²) in [5.41, 5.74) is 3.85. The largest absolute Gasteiger partial charge is 0.489 e. The molecule has 3 heterocycles. The molecule has 0 spiro atoms. The molecule has 0 aliphatic carbocycles. The highest BCUT2D eigenvalue weighted by atomic mass is 16.5. The highest BCUT2D eigenvalue weighted by Gasteiger charge is 2.19. The normalized spacial score (nSPS) is 17.6. The molecule has 7 nitrogen and oxygen atoms in total. The zero-order chi connectivity index (χ0) is 24.0. The fourth-order valence-corrected chi connectivity index (χ4v) is 4.66. The molecule has 2 aliphatic heterocycles. The van der Waals surface area contributed by atoms with Crippen LogP contribution in [0.15, 0.2) is 48.8 Å². The van der Waals surface area contributed by atoms with E-state index in [-0.39, 0.29) is 6.10 Å². The number of anilines is 2. The molecular weight excluding hydrogens is 438 g/mol. The number of hydrogen-bond acceptors (Lipinski definition) is 7. The third-order valence-corrected chi connectivity index (χ3v) is 6.78. The third-order valence-electron chi connectivity index (χ3n) is 6.78. The molecule has 0 unspecified atom stereocenters. The molecule has 2 saturated heterocycles. The van der Waals surface area contributed by atoms with Gasteiger partial charge in [0.25, 0.3) is 0 Å². The number of nitrogens with zero attached hydrogens (tertiary/aromatic N) is 4. The van der Waals surface area contributed by atoms with E-state index in [0.29, 0.717) is 29.0 Å². The smallest absolute Gasteiger partial charge is 0.230 e. The Morgan fingerprint density at radius 1 is 1.03 bits per heavy atom. The Morgan fingerprint density at radius 2 is 1.80 bits per heavy atom. The van der Waals surface area contributed by atoms with E-state index in [2.05, 4.69) is 62.4 Å². The average molecular weight is 470 g/mol. The molecule has 0 amide bonds. The summed E-state index contributed by atoms with van der Waals surface area (Å²) in [6, 6.07) is 14.3. The van der Waals surface area contributed by atoms with Crippen LogP contribution in [0.3, 0.4) is 0 Å². The lowest BCUT2D eigenvalue weighted by Crippen LogP contribution is -2.29. The van der Waals surface area contributed by atoms with Crippen molar-refractivity contribution in [2.45, 2.75) is 37.7 Å². The lowest BCUT2D eigenvalue weighted by molar-refractivity contribution is 0.0254. The summed E-state index contributed by atoms with van der Waals surface area (Å²) in [5.74, 6) is 5.13. The van der Waals surface area contributed by atoms with Crippen molar-refractivity contribution in [2.75, 3.05) is 38.7 Å². The van der Waals surface area contributed by atoms with Crippen molar-refractivity contribution in [3.8, 4) is 29.5 Å². The van der Waals surface area contributed by atoms with Gasteiger partial charge in [-0.25, -0.2) is 9.97 Å². The maximum atomic E-state index is 6.14. The molecule has 2 aliphatic rings. The molecule has 35 heavy (non-hydrogen) atoms. The molecule has 1 N–H and O–H groups in total. The minimum absolute atomic E-state index is 0.125. The van der Waals surface area contributed by atoms with Crippen LogP contribution in [-0.2, 0) is 4.74 Å². The second kappa shape index (κ2) is 10.9. The van der Waals surface area contributed by atoms with Crippen LogP contribution < -0.4 is 10.1 Å². The Hall–Kier alpha value is -3.47. The van der Waals surface area contributed by atoms with Crippen molar-refractivity contribution in [2.24, 2.45) is 0 Å². The zero-order valence-corrected chi connectivity index (χ0v) is 20.1. The topological polar surface area (TPSA) is 72.4 Å². The number of likely N-dealkylation sites (tertiary alicyclic amines) is 1. The molecule has 0 saturated carbocycles. The Labute approximate surface area is 206 Å². The SMILES string of the molecule is C#Cc1cc(-c2ncnc(Nc3ccc(C4CCN(C)CC4)cc3)n2)ccc1OC1CCOCC1. The Morgan fingerprint density at radius 3 is 2.54 bits per heavy atom. The average Bonchev–Trinajstić information content (AvgIpc) is 2.91. The first-order chi connectivity index (χ1) is 17.2. The number of hydrogen-bond donors (Lipinski definition) is 1. The molecule has 3 aromatic rings. The molecule has 0 bridgehead atoms. The summed E-state index contributed by atoms with van der Waals surface area (Å²) < 4.78 is 11.6. The van der Waals surface area contributed by atoms with E-state index in [4.69, 9.17) is 15.9 Å². The van der Waals surface area contributed by atoms with Gasteiger partial charge in [-0.15, -0.1) is 6.42 Å². The monoisotopic (exact) mass is 469 g/mol. The van der Waals surface area contributed by atoms with Gasteiger partial charge in [0.05, 0.1) is 18.8 Å². The van der Waals surface area contributed by atoms with Gasteiger partial charge >= 0.3 is 0 Å². The van der Waals surface area contributed by atoms with Crippen LogP contribution in [0.25, 0.3) is 11.4 Å². The van der Waals surface area contributed by atoms with Crippen LogP contribution in [0, 0.1) is 12.3 Å². The number of rotatable bonds is 6. The molecule has 5 rings (SSSR count). The Balaban J connectivity index is 1.27. The lowest BCUT2D eigenvalue weighted by atomic mass is 9.89. The Kier molecular flexibility index (Phi) is 7.22. The van der Waals surface area contributed by atoms with E-state index in [0.717, 1.165) is 50.4 Å². The van der Waals surface area contributed by atoms with Crippen molar-refractivity contribution in [1.82, 2.24) is 19.9 Å². The highest BCUT2D eigenvalue weighted by molar-refractivity contribution is 5.63. The Bertz CT molecular complexity index is 1180. The van der Waals surface area contributed by atoms with Gasteiger partial charge in [-0.05, 0) is 74.8 Å². The van der Waals surface area contributed by atoms with Gasteiger partial charge in [-0.1, -0.05) is 18.1 Å². The molecule has 1 aromatic heterocycles. The van der Waals surface area contributed by atoms with E-state index < -0.39 is 0 Å². The van der Waals surface area contributed by atoms with Crippen molar-refractivity contribution in [3.63, 3.8) is 0 Å². The van der Waals surface area contributed by atoms with E-state index in [1.165, 1.54) is 24.7 Å². The van der Waals surface area contributed by atoms with Crippen molar-refractivity contribution >= 4 is 11.6 Å². The van der Waals surface area contributed by atoms with E-state index >= 15 is 0 Å². The minimum atomic E-state index is 0.125. The second-order valence-corrected chi connectivity index (χ2v) is 9.24. The van der Waals surface area contributed by atoms with Crippen LogP contribution >= 0.6 is 0 Å². The third kappa shape index (κ3) is 5.79. The fourth-order valence-electron chi connectivity index (χ4n) is 4.66. The molecule has 180 valence electrons. The summed E-state index contributed by atoms with van der Waals surface area (Å²) in [4.78, 5) is 15.7. The molecule has 2 aromatic carbocycles. The number of piperidine rings is 1. The quantitative estimate of drug-likeness (QED) is 0.528. The predicted molar refractivity (Wildman–Crippen MR) is 137 cm³/mol. The maximum absolute atomic E-state index is 6.14. The first-order valence-electron chi connectivity index (χ1n) is 12.3. The second-order valence-electron chi connectivity index (χ2n) is 9.24. The summed E-state index contributed by atoms with van der Waals surface area (Å²) in [5, 5.41) is 3.30. The van der Waals surface area contributed by atoms with Crippen LogP contribution in [0.5, 0.6) is 5.75 Å². The summed E-state index contributed by atoms with van der Waals surface area (Å²) in [6.45, 7) is 3.75. The van der Waals surface area contributed by atoms with Crippen LogP contribution in [0.4, 0.5) is 11.6 Å². The summed E-state index contributed by atoms with van der Waals surface area (Å²) in [7, 11) is 2.19. The van der Waals surface area contributed by atoms with Crippen molar-refractivity contribution in [1.29, 1.82) is 0 Å². The van der Waals surface area contributed by atoms with Gasteiger partial charge in [0.15, 0.2) is 5.82 Å². The summed E-state index contributed by atoms with van der Waals surface area (Å²) in [6.07, 6.45) is 11.6. The van der Waals surface area contributed by atoms with E-state index in [1.807, 2.05) is 18.2 Å². The minimum Gasteiger partial charge on any atom is -0.489 e. The molecule has 2 fully saturated rings. The lowest BCUT2D eigenvalue weighted by Gasteiger charge is -2.29. The first kappa shape index (κ1) is 23.3. The number of benzene rings is 2. The van der Waals surface area contributed by atoms with Crippen molar-refractivity contribution in [3.05, 3.63) is 59.9 Å². The molecule has 0 radical (unpaired) electrons. The maximum Gasteiger partial charge on any atom is 0.230 e. The van der Waals surface area contributed by atoms with E-state index in [9.17, 15) is 0 Å². The zero-order valence-electron chi connectivity index (χ0n) is 20.1. The first-order valence-corrected chi connectivity index (χ1v) is 12.3. The van der Waals surface area contributed by atoms with E-state index in [1.54, 1.807) is 0 Å². The van der Waals surface area contributed by atoms with Gasteiger partial charge in [-0.2, -0.15) is 4.98 Å². The van der Waals surface area contributed by atoms with Crippen LogP contribution in [0.1, 0.15) is 42.7 Å². The standard InChI is InChI=1S/C28H31N5O2/c1-3-20-18-23(6-9-26(20)35-25-12-16-34-17-13-25)27-29-19-30-28(32-27)31-24-7-4-21(5-8-24)22-10-14-33(2)15-11-22/h1,4-9,18-19,22,25H,10-17H2,2H3,(H,29,30,31,32). The van der Waals surface area contributed by atoms with Crippen LogP contribution in [-0.4, -0.2) is 59.3 Å². The fraction of sp³-hybridized carbons (Fsp3) is 0.393. The summed E-state index contributed by atoms with van der Waals surface area (Å²) >= 11 is 0. The highest BCUT2D eigenvalue weighted by Crippen LogP contribution is 2.29. The predicted octanol–water partition coefficient (Wildman–Crippen LogP) is 4.63. The van der Waals surface area contributed by atoms with Crippen LogP contribution in [0.2, 0.25) is 0 Å². The number of nitrogens with one attached hydrogen (secondary N) is 1. The van der Waals surface area contributed by atoms with Gasteiger partial charge in [0, 0.05) is 24.1 Å². The molecule has 7 heteroatoms. The number of terminal acetylenes is 1. The molecular formula is C28H31N5O2. The van der Waals surface area contributed by atoms with Gasteiger partial charge in [-0.3, -0.25) is 0 Å². The van der Waals surface area contributed by atoms with Gasteiger partial charge < -0.3 is 19.7 Å². The number of aromatic nitrogens is 3. The van der Waals surface area contributed by atoms with Crippen molar-refractivity contribution < 1.29 is 9.47 Å². The van der Waals surface area contributed by atoms with Gasteiger partial charge in [0.1, 0.15) is 18.2 Å². The molecule has 0 atom stereocenters.